The minimum atomic E-state index is -0.602. The molecule has 142 valence electrons. The molecule has 10 nitrogen and oxygen atoms in total. The highest BCUT2D eigenvalue weighted by Crippen LogP contribution is 2.12. The van der Waals surface area contributed by atoms with E-state index in [0.29, 0.717) is 0 Å². The molecule has 0 atom stereocenters. The molecule has 1 heterocycles. The van der Waals surface area contributed by atoms with E-state index in [2.05, 4.69) is 15.0 Å². The van der Waals surface area contributed by atoms with E-state index in [4.69, 9.17) is 14.2 Å². The van der Waals surface area contributed by atoms with E-state index in [9.17, 15) is 19.8 Å². The minimum absolute atomic E-state index is 0.00571. The molecule has 0 saturated carbocycles. The van der Waals surface area contributed by atoms with Crippen LogP contribution in [0.2, 0.25) is 0 Å². The van der Waals surface area contributed by atoms with Crippen LogP contribution in [0.25, 0.3) is 12.2 Å². The topological polar surface area (TPSA) is 141 Å². The zero-order valence-electron chi connectivity index (χ0n) is 14.8. The van der Waals surface area contributed by atoms with E-state index in [1.807, 2.05) is 0 Å². The quantitative estimate of drug-likeness (QED) is 0.488. The van der Waals surface area contributed by atoms with Crippen molar-refractivity contribution in [3.8, 4) is 6.01 Å². The molecule has 0 amide bonds. The molecule has 0 unspecified atom stereocenters. The van der Waals surface area contributed by atoms with Crippen LogP contribution in [-0.2, 0) is 19.1 Å². The van der Waals surface area contributed by atoms with Crippen molar-refractivity contribution in [2.75, 3.05) is 20.3 Å². The van der Waals surface area contributed by atoms with Gasteiger partial charge in [-0.25, -0.2) is 4.98 Å². The predicted octanol–water partition coefficient (Wildman–Crippen LogP) is 1.58. The molecular weight excluding hydrogens is 346 g/mol. The van der Waals surface area contributed by atoms with Crippen molar-refractivity contribution in [2.45, 2.75) is 26.7 Å². The van der Waals surface area contributed by atoms with Crippen molar-refractivity contribution in [2.24, 2.45) is 0 Å². The van der Waals surface area contributed by atoms with Crippen molar-refractivity contribution >= 4 is 24.1 Å². The van der Waals surface area contributed by atoms with Crippen LogP contribution in [0, 0.1) is 0 Å². The molecule has 0 aromatic carbocycles. The Morgan fingerprint density at radius 2 is 1.31 bits per heavy atom. The van der Waals surface area contributed by atoms with Crippen LogP contribution >= 0.6 is 0 Å². The maximum atomic E-state index is 11.3. The predicted molar refractivity (Wildman–Crippen MR) is 90.1 cm³/mol. The molecule has 0 fully saturated rings. The molecule has 0 radical (unpaired) electrons. The Morgan fingerprint density at radius 3 is 1.65 bits per heavy atom. The number of hydrogen-bond acceptors (Lipinski definition) is 10. The second-order valence-corrected chi connectivity index (χ2v) is 4.77. The van der Waals surface area contributed by atoms with E-state index in [0.717, 1.165) is 12.2 Å². The number of aliphatic hydroxyl groups is 2. The summed E-state index contributed by atoms with van der Waals surface area (Å²) in [5.74, 6) is -1.85. The Bertz CT molecular complexity index is 647. The number of methoxy groups -OCH3 is 1. The molecule has 0 aliphatic heterocycles. The first-order chi connectivity index (χ1) is 12.4. The van der Waals surface area contributed by atoms with Crippen molar-refractivity contribution in [3.05, 3.63) is 23.2 Å². The van der Waals surface area contributed by atoms with Crippen molar-refractivity contribution in [3.63, 3.8) is 0 Å². The van der Waals surface area contributed by atoms with Gasteiger partial charge in [0.05, 0.1) is 20.3 Å². The van der Waals surface area contributed by atoms with E-state index < -0.39 is 11.9 Å². The first-order valence-corrected chi connectivity index (χ1v) is 7.78. The number of esters is 2. The van der Waals surface area contributed by atoms with E-state index in [1.165, 1.54) is 7.11 Å². The third kappa shape index (κ3) is 7.60. The first kappa shape index (κ1) is 20.9. The van der Waals surface area contributed by atoms with Gasteiger partial charge in [-0.1, -0.05) is 0 Å². The largest absolute Gasteiger partial charge is 0.512 e. The number of aliphatic hydroxyl groups excluding tert-OH is 2. The van der Waals surface area contributed by atoms with E-state index >= 15 is 0 Å². The highest BCUT2D eigenvalue weighted by atomic mass is 16.5. The van der Waals surface area contributed by atoms with Crippen LogP contribution in [0.3, 0.4) is 0 Å². The van der Waals surface area contributed by atoms with Crippen molar-refractivity contribution in [1.82, 2.24) is 15.0 Å². The molecule has 0 spiro atoms. The fourth-order valence-electron chi connectivity index (χ4n) is 1.73. The molecule has 10 heteroatoms. The number of ether oxygens (including phenoxy) is 3. The number of aromatic nitrogens is 3. The van der Waals surface area contributed by atoms with Gasteiger partial charge < -0.3 is 24.4 Å². The lowest BCUT2D eigenvalue weighted by Gasteiger charge is -2.04. The van der Waals surface area contributed by atoms with E-state index in [-0.39, 0.29) is 55.2 Å². The molecule has 0 saturated heterocycles. The number of hydrogen-bond donors (Lipinski definition) is 2. The van der Waals surface area contributed by atoms with Crippen molar-refractivity contribution in [1.29, 1.82) is 0 Å². The molecule has 2 N–H and O–H groups in total. The Kier molecular flexibility index (Phi) is 8.55. The molecule has 1 rings (SSSR count). The van der Waals surface area contributed by atoms with Gasteiger partial charge in [-0.05, 0) is 13.8 Å². The molecule has 0 bridgehead atoms. The first-order valence-electron chi connectivity index (χ1n) is 7.78. The second kappa shape index (κ2) is 10.6. The summed E-state index contributed by atoms with van der Waals surface area (Å²) in [5.41, 5.74) is 0. The van der Waals surface area contributed by atoms with Gasteiger partial charge in [0, 0.05) is 12.2 Å². The van der Waals surface area contributed by atoms with Gasteiger partial charge in [-0.2, -0.15) is 9.97 Å². The van der Waals surface area contributed by atoms with Crippen LogP contribution in [0.1, 0.15) is 38.3 Å². The SMILES string of the molecule is CCOC(=O)C/C(O)=C/c1nc(/C=C(\O)CC(=O)OCC)nc(OC)n1. The Labute approximate surface area is 150 Å². The molecular formula is C16H21N3O7. The number of carbonyl (C=O) groups is 2. The number of carbonyl (C=O) groups excluding carboxylic acids is 2. The standard InChI is InChI=1S/C16H21N3O7/c1-4-25-14(22)8-10(20)6-12-17-13(19-16(18-12)24-3)7-11(21)9-15(23)26-5-2/h6-7,20-21H,4-5,8-9H2,1-3H3/b10-6-,11-7-. The second-order valence-electron chi connectivity index (χ2n) is 4.77. The lowest BCUT2D eigenvalue weighted by atomic mass is 10.3. The minimum Gasteiger partial charge on any atom is -0.512 e. The lowest BCUT2D eigenvalue weighted by Crippen LogP contribution is -2.06. The van der Waals surface area contributed by atoms with Gasteiger partial charge in [0.15, 0.2) is 11.6 Å². The van der Waals surface area contributed by atoms with Crippen LogP contribution < -0.4 is 4.74 Å². The van der Waals surface area contributed by atoms with Gasteiger partial charge in [0.2, 0.25) is 0 Å². The average Bonchev–Trinajstić information content (AvgIpc) is 2.54. The summed E-state index contributed by atoms with van der Waals surface area (Å²) in [6.07, 6.45) is 1.59. The Morgan fingerprint density at radius 1 is 0.885 bits per heavy atom. The third-order valence-electron chi connectivity index (χ3n) is 2.69. The summed E-state index contributed by atoms with van der Waals surface area (Å²) in [6.45, 7) is 3.69. The summed E-state index contributed by atoms with van der Waals surface area (Å²) < 4.78 is 14.4. The normalized spacial score (nSPS) is 11.8. The van der Waals surface area contributed by atoms with Crippen molar-refractivity contribution < 1.29 is 34.0 Å². The average molecular weight is 367 g/mol. The summed E-state index contributed by atoms with van der Waals surface area (Å²) in [4.78, 5) is 34.5. The van der Waals surface area contributed by atoms with Gasteiger partial charge in [-0.3, -0.25) is 9.59 Å². The third-order valence-corrected chi connectivity index (χ3v) is 2.69. The van der Waals surface area contributed by atoms with E-state index in [1.54, 1.807) is 13.8 Å². The zero-order chi connectivity index (χ0) is 19.5. The van der Waals surface area contributed by atoms with Crippen LogP contribution in [-0.4, -0.2) is 57.4 Å². The highest BCUT2D eigenvalue weighted by Gasteiger charge is 2.11. The molecule has 26 heavy (non-hydrogen) atoms. The molecule has 0 aliphatic rings. The maximum absolute atomic E-state index is 11.3. The summed E-state index contributed by atoms with van der Waals surface area (Å²) in [6, 6.07) is -0.0784. The smallest absolute Gasteiger partial charge is 0.320 e. The molecule has 1 aromatic heterocycles. The summed E-state index contributed by atoms with van der Waals surface area (Å²) in [5, 5.41) is 19.6. The monoisotopic (exact) mass is 367 g/mol. The van der Waals surface area contributed by atoms with Crippen LogP contribution in [0.4, 0.5) is 0 Å². The Balaban J connectivity index is 3.00. The molecule has 0 aliphatic carbocycles. The summed E-state index contributed by atoms with van der Waals surface area (Å²) in [7, 11) is 1.33. The maximum Gasteiger partial charge on any atom is 0.320 e. The number of rotatable bonds is 9. The van der Waals surface area contributed by atoms with Crippen LogP contribution in [0.15, 0.2) is 11.5 Å². The lowest BCUT2D eigenvalue weighted by molar-refractivity contribution is -0.143. The van der Waals surface area contributed by atoms with Gasteiger partial charge in [0.25, 0.3) is 0 Å². The van der Waals surface area contributed by atoms with Gasteiger partial charge in [-0.15, -0.1) is 0 Å². The van der Waals surface area contributed by atoms with Crippen LogP contribution in [0.5, 0.6) is 6.01 Å². The zero-order valence-corrected chi connectivity index (χ0v) is 14.8. The fraction of sp³-hybridized carbons (Fsp3) is 0.438. The fourth-order valence-corrected chi connectivity index (χ4v) is 1.73. The molecule has 1 aromatic rings. The Hall–Kier alpha value is -3.17. The highest BCUT2D eigenvalue weighted by molar-refractivity contribution is 5.74. The van der Waals surface area contributed by atoms with Gasteiger partial charge >= 0.3 is 17.9 Å². The number of nitrogens with zero attached hydrogens (tertiary/aromatic N) is 3. The van der Waals surface area contributed by atoms with Gasteiger partial charge in [0.1, 0.15) is 24.4 Å². The summed E-state index contributed by atoms with van der Waals surface area (Å²) >= 11 is 0.